The van der Waals surface area contributed by atoms with Gasteiger partial charge in [-0.15, -0.1) is 11.3 Å². The van der Waals surface area contributed by atoms with Crippen molar-refractivity contribution in [1.82, 2.24) is 9.47 Å². The van der Waals surface area contributed by atoms with Crippen molar-refractivity contribution < 1.29 is 4.79 Å². The average molecular weight is 328 g/mol. The van der Waals surface area contributed by atoms with E-state index >= 15 is 0 Å². The summed E-state index contributed by atoms with van der Waals surface area (Å²) in [4.78, 5) is 16.8. The van der Waals surface area contributed by atoms with Gasteiger partial charge in [0.2, 0.25) is 0 Å². The van der Waals surface area contributed by atoms with E-state index in [-0.39, 0.29) is 5.91 Å². The van der Waals surface area contributed by atoms with E-state index in [0.717, 1.165) is 42.9 Å². The molecule has 0 bridgehead atoms. The first-order chi connectivity index (χ1) is 11.2. The number of amides is 1. The zero-order chi connectivity index (χ0) is 15.8. The van der Waals surface area contributed by atoms with E-state index < -0.39 is 0 Å². The molecule has 0 radical (unpaired) electrons. The first-order valence-electron chi connectivity index (χ1n) is 8.81. The number of hydrogen-bond acceptors (Lipinski definition) is 2. The molecule has 0 unspecified atom stereocenters. The Kier molecular flexibility index (Phi) is 4.02. The highest BCUT2D eigenvalue weighted by Crippen LogP contribution is 2.38. The van der Waals surface area contributed by atoms with Gasteiger partial charge < -0.3 is 9.47 Å². The molecule has 1 aliphatic heterocycles. The summed E-state index contributed by atoms with van der Waals surface area (Å²) in [5.74, 6) is 0.886. The first kappa shape index (κ1) is 15.0. The van der Waals surface area contributed by atoms with Crippen molar-refractivity contribution >= 4 is 17.2 Å². The van der Waals surface area contributed by atoms with Crippen LogP contribution >= 0.6 is 11.3 Å². The summed E-state index contributed by atoms with van der Waals surface area (Å²) in [7, 11) is 0. The van der Waals surface area contributed by atoms with Crippen LogP contribution in [0.25, 0.3) is 5.00 Å². The van der Waals surface area contributed by atoms with Gasteiger partial charge in [-0.25, -0.2) is 0 Å². The largest absolute Gasteiger partial charge is 0.338 e. The Morgan fingerprint density at radius 1 is 1.17 bits per heavy atom. The highest BCUT2D eigenvalue weighted by atomic mass is 32.1. The number of piperidine rings is 1. The summed E-state index contributed by atoms with van der Waals surface area (Å²) < 4.78 is 2.13. The highest BCUT2D eigenvalue weighted by Gasteiger charge is 2.30. The zero-order valence-corrected chi connectivity index (χ0v) is 14.6. The fourth-order valence-electron chi connectivity index (χ4n) is 3.96. The second-order valence-corrected chi connectivity index (χ2v) is 8.06. The predicted molar refractivity (Wildman–Crippen MR) is 94.6 cm³/mol. The molecule has 0 spiro atoms. The van der Waals surface area contributed by atoms with Crippen LogP contribution in [0, 0.1) is 5.92 Å². The van der Waals surface area contributed by atoms with Crippen LogP contribution < -0.4 is 0 Å². The molecule has 1 amide bonds. The smallest absolute Gasteiger partial charge is 0.257 e. The Balaban J connectivity index is 1.76. The minimum absolute atomic E-state index is 0.264. The molecule has 1 aliphatic carbocycles. The summed E-state index contributed by atoms with van der Waals surface area (Å²) in [5, 5.41) is 1.13. The van der Waals surface area contributed by atoms with Crippen molar-refractivity contribution in [1.29, 1.82) is 0 Å². The maximum atomic E-state index is 13.3. The zero-order valence-electron chi connectivity index (χ0n) is 13.8. The Morgan fingerprint density at radius 3 is 2.74 bits per heavy atom. The van der Waals surface area contributed by atoms with Gasteiger partial charge in [-0.1, -0.05) is 6.92 Å². The van der Waals surface area contributed by atoms with Crippen LogP contribution in [0.1, 0.15) is 53.4 Å². The number of carbonyl (C=O) groups is 1. The lowest BCUT2D eigenvalue weighted by Crippen LogP contribution is -2.39. The van der Waals surface area contributed by atoms with Crippen LogP contribution in [-0.4, -0.2) is 28.5 Å². The molecule has 0 saturated carbocycles. The molecular weight excluding hydrogens is 304 g/mol. The van der Waals surface area contributed by atoms with Gasteiger partial charge in [0.15, 0.2) is 0 Å². The van der Waals surface area contributed by atoms with Crippen molar-refractivity contribution in [2.24, 2.45) is 5.92 Å². The van der Waals surface area contributed by atoms with Crippen molar-refractivity contribution in [2.75, 3.05) is 13.1 Å². The Labute approximate surface area is 141 Å². The quantitative estimate of drug-likeness (QED) is 0.807. The summed E-state index contributed by atoms with van der Waals surface area (Å²) >= 11 is 1.83. The molecule has 122 valence electrons. The van der Waals surface area contributed by atoms with Crippen molar-refractivity contribution in [2.45, 2.75) is 45.4 Å². The Bertz CT molecular complexity index is 701. The third-order valence-electron chi connectivity index (χ3n) is 5.15. The summed E-state index contributed by atoms with van der Waals surface area (Å²) in [6.07, 6.45) is 11.2. The van der Waals surface area contributed by atoms with Gasteiger partial charge in [-0.3, -0.25) is 4.79 Å². The maximum Gasteiger partial charge on any atom is 0.257 e. The van der Waals surface area contributed by atoms with Crippen LogP contribution in [-0.2, 0) is 12.8 Å². The molecule has 4 rings (SSSR count). The van der Waals surface area contributed by atoms with E-state index in [1.807, 2.05) is 23.5 Å². The number of rotatable bonds is 2. The normalized spacial score (nSPS) is 21.3. The maximum absolute atomic E-state index is 13.3. The molecule has 4 heteroatoms. The lowest BCUT2D eigenvalue weighted by Gasteiger charge is -2.31. The van der Waals surface area contributed by atoms with E-state index in [4.69, 9.17) is 0 Å². The Hall–Kier alpha value is -1.55. The van der Waals surface area contributed by atoms with E-state index in [9.17, 15) is 4.79 Å². The molecule has 2 aromatic rings. The molecule has 3 heterocycles. The van der Waals surface area contributed by atoms with Crippen LogP contribution in [0.3, 0.4) is 0 Å². The van der Waals surface area contributed by atoms with Crippen molar-refractivity contribution in [3.05, 3.63) is 40.5 Å². The number of aromatic nitrogens is 1. The number of fused-ring (bicyclic) bond motifs is 1. The van der Waals surface area contributed by atoms with Gasteiger partial charge in [-0.2, -0.15) is 0 Å². The second kappa shape index (κ2) is 6.16. The van der Waals surface area contributed by atoms with Crippen LogP contribution in [0.2, 0.25) is 0 Å². The molecule has 1 fully saturated rings. The standard InChI is InChI=1S/C19H24N2OS/c1-14-7-6-12-21(13-14)18(22)17-15-8-2-3-9-16(15)23-19(17)20-10-4-5-11-20/h4-5,10-11,14H,2-3,6-9,12-13H2,1H3/t14-/m0/s1. The molecule has 1 saturated heterocycles. The number of likely N-dealkylation sites (tertiary alicyclic amines) is 1. The van der Waals surface area contributed by atoms with Gasteiger partial charge >= 0.3 is 0 Å². The number of hydrogen-bond donors (Lipinski definition) is 0. The number of thiophene rings is 1. The highest BCUT2D eigenvalue weighted by molar-refractivity contribution is 7.15. The fraction of sp³-hybridized carbons (Fsp3) is 0.526. The molecule has 0 aromatic carbocycles. The van der Waals surface area contributed by atoms with E-state index in [1.165, 1.54) is 29.7 Å². The second-order valence-electron chi connectivity index (χ2n) is 6.98. The molecule has 3 nitrogen and oxygen atoms in total. The van der Waals surface area contributed by atoms with Crippen molar-refractivity contribution in [3.63, 3.8) is 0 Å². The van der Waals surface area contributed by atoms with E-state index in [0.29, 0.717) is 5.92 Å². The molecule has 2 aliphatic rings. The Morgan fingerprint density at radius 2 is 1.96 bits per heavy atom. The molecule has 0 N–H and O–H groups in total. The first-order valence-corrected chi connectivity index (χ1v) is 9.63. The van der Waals surface area contributed by atoms with Gasteiger partial charge in [0.05, 0.1) is 5.56 Å². The van der Waals surface area contributed by atoms with Crippen molar-refractivity contribution in [3.8, 4) is 5.00 Å². The summed E-state index contributed by atoms with van der Waals surface area (Å²) in [5.41, 5.74) is 2.34. The average Bonchev–Trinajstić information content (AvgIpc) is 3.21. The molecule has 2 aromatic heterocycles. The molecular formula is C19H24N2OS. The molecule has 1 atom stereocenters. The predicted octanol–water partition coefficient (Wildman–Crippen LogP) is 4.29. The third-order valence-corrected chi connectivity index (χ3v) is 6.45. The number of aryl methyl sites for hydroxylation is 1. The lowest BCUT2D eigenvalue weighted by atomic mass is 9.94. The number of carbonyl (C=O) groups excluding carboxylic acids is 1. The minimum atomic E-state index is 0.264. The van der Waals surface area contributed by atoms with Gasteiger partial charge in [0, 0.05) is 30.4 Å². The van der Waals surface area contributed by atoms with E-state index in [2.05, 4.69) is 28.8 Å². The van der Waals surface area contributed by atoms with E-state index in [1.54, 1.807) is 0 Å². The van der Waals surface area contributed by atoms with Gasteiger partial charge in [-0.05, 0) is 62.1 Å². The molecule has 23 heavy (non-hydrogen) atoms. The lowest BCUT2D eigenvalue weighted by molar-refractivity contribution is 0.0682. The van der Waals surface area contributed by atoms with Gasteiger partial charge in [0.25, 0.3) is 5.91 Å². The van der Waals surface area contributed by atoms with Gasteiger partial charge in [0.1, 0.15) is 5.00 Å². The van der Waals surface area contributed by atoms with Crippen LogP contribution in [0.4, 0.5) is 0 Å². The summed E-state index contributed by atoms with van der Waals surface area (Å²) in [6, 6.07) is 4.08. The van der Waals surface area contributed by atoms with Crippen LogP contribution in [0.15, 0.2) is 24.5 Å². The monoisotopic (exact) mass is 328 g/mol. The fourth-order valence-corrected chi connectivity index (χ4v) is 5.30. The topological polar surface area (TPSA) is 25.2 Å². The summed E-state index contributed by atoms with van der Waals surface area (Å²) in [6.45, 7) is 4.09. The third kappa shape index (κ3) is 2.74. The SMILES string of the molecule is C[C@H]1CCCN(C(=O)c2c(-n3cccc3)sc3c2CCCC3)C1. The number of nitrogens with zero attached hydrogens (tertiary/aromatic N) is 2. The van der Waals surface area contributed by atoms with Crippen LogP contribution in [0.5, 0.6) is 0 Å². The minimum Gasteiger partial charge on any atom is -0.338 e.